The second kappa shape index (κ2) is 5.66. The highest BCUT2D eigenvalue weighted by Crippen LogP contribution is 2.33. The molecule has 0 amide bonds. The third-order valence-corrected chi connectivity index (χ3v) is 3.61. The van der Waals surface area contributed by atoms with Crippen molar-refractivity contribution in [1.29, 1.82) is 0 Å². The molecule has 0 spiro atoms. The molecule has 19 heavy (non-hydrogen) atoms. The zero-order chi connectivity index (χ0) is 14.0. The molecule has 0 heterocycles. The van der Waals surface area contributed by atoms with Gasteiger partial charge in [-0.15, -0.1) is 0 Å². The van der Waals surface area contributed by atoms with Gasteiger partial charge in [0.1, 0.15) is 6.04 Å². The standard InChI is InChI=1S/C12H13BrN2O4/c13-9-4-3-8(10(5-9)15(18)19)6-14-11(12(16)17)7-1-2-7/h3-5,7,11,14H,1-2,6H2,(H,16,17). The van der Waals surface area contributed by atoms with E-state index in [-0.39, 0.29) is 18.2 Å². The minimum absolute atomic E-state index is 0.0122. The van der Waals surface area contributed by atoms with Crippen LogP contribution in [0.15, 0.2) is 22.7 Å². The molecule has 1 unspecified atom stereocenters. The Labute approximate surface area is 118 Å². The van der Waals surface area contributed by atoms with Gasteiger partial charge in [-0.2, -0.15) is 0 Å². The van der Waals surface area contributed by atoms with Crippen LogP contribution in [0, 0.1) is 16.0 Å². The van der Waals surface area contributed by atoms with Crippen molar-refractivity contribution in [2.45, 2.75) is 25.4 Å². The first-order valence-electron chi connectivity index (χ1n) is 5.88. The predicted molar refractivity (Wildman–Crippen MR) is 71.8 cm³/mol. The summed E-state index contributed by atoms with van der Waals surface area (Å²) < 4.78 is 0.625. The highest BCUT2D eigenvalue weighted by Gasteiger charge is 2.36. The van der Waals surface area contributed by atoms with Gasteiger partial charge in [-0.1, -0.05) is 15.9 Å². The number of nitro benzene ring substituents is 1. The van der Waals surface area contributed by atoms with Gasteiger partial charge in [0.2, 0.25) is 0 Å². The Bertz CT molecular complexity index is 516. The number of carbonyl (C=O) groups is 1. The van der Waals surface area contributed by atoms with Crippen molar-refractivity contribution in [3.05, 3.63) is 38.3 Å². The van der Waals surface area contributed by atoms with Gasteiger partial charge in [-0.3, -0.25) is 20.2 Å². The van der Waals surface area contributed by atoms with Crippen LogP contribution in [0.3, 0.4) is 0 Å². The number of halogens is 1. The molecule has 2 rings (SSSR count). The first-order valence-corrected chi connectivity index (χ1v) is 6.67. The summed E-state index contributed by atoms with van der Waals surface area (Å²) >= 11 is 3.18. The topological polar surface area (TPSA) is 92.5 Å². The Kier molecular flexibility index (Phi) is 4.16. The first kappa shape index (κ1) is 14.0. The molecule has 1 aromatic rings. The van der Waals surface area contributed by atoms with Gasteiger partial charge in [0.25, 0.3) is 5.69 Å². The fraction of sp³-hybridized carbons (Fsp3) is 0.417. The quantitative estimate of drug-likeness (QED) is 0.617. The van der Waals surface area contributed by atoms with Crippen LogP contribution in [0.5, 0.6) is 0 Å². The summed E-state index contributed by atoms with van der Waals surface area (Å²) in [6.07, 6.45) is 1.79. The monoisotopic (exact) mass is 328 g/mol. The van der Waals surface area contributed by atoms with E-state index in [0.29, 0.717) is 10.0 Å². The van der Waals surface area contributed by atoms with Crippen LogP contribution in [0.2, 0.25) is 0 Å². The number of carboxylic acids is 1. The van der Waals surface area contributed by atoms with Crippen molar-refractivity contribution in [2.24, 2.45) is 5.92 Å². The lowest BCUT2D eigenvalue weighted by Crippen LogP contribution is -2.38. The van der Waals surface area contributed by atoms with Crippen LogP contribution in [0.25, 0.3) is 0 Å². The molecule has 1 aromatic carbocycles. The normalized spacial score (nSPS) is 16.1. The predicted octanol–water partition coefficient (Wildman–Crippen LogP) is 2.31. The maximum atomic E-state index is 11.1. The molecule has 0 bridgehead atoms. The fourth-order valence-corrected chi connectivity index (χ4v) is 2.31. The molecule has 6 nitrogen and oxygen atoms in total. The molecule has 1 atom stereocenters. The van der Waals surface area contributed by atoms with Crippen molar-refractivity contribution in [2.75, 3.05) is 0 Å². The van der Waals surface area contributed by atoms with Gasteiger partial charge in [0, 0.05) is 22.6 Å². The van der Waals surface area contributed by atoms with Crippen molar-refractivity contribution in [3.63, 3.8) is 0 Å². The van der Waals surface area contributed by atoms with E-state index in [4.69, 9.17) is 5.11 Å². The second-order valence-corrected chi connectivity index (χ2v) is 5.48. The summed E-state index contributed by atoms with van der Waals surface area (Å²) in [6, 6.07) is 4.13. The lowest BCUT2D eigenvalue weighted by molar-refractivity contribution is -0.385. The number of nitrogens with zero attached hydrogens (tertiary/aromatic N) is 1. The summed E-state index contributed by atoms with van der Waals surface area (Å²) in [6.45, 7) is 0.178. The van der Waals surface area contributed by atoms with Crippen LogP contribution in [-0.2, 0) is 11.3 Å². The molecule has 1 aliphatic rings. The average Bonchev–Trinajstić information content (AvgIpc) is 3.14. The van der Waals surface area contributed by atoms with E-state index in [2.05, 4.69) is 21.2 Å². The largest absolute Gasteiger partial charge is 0.480 e. The Morgan fingerprint density at radius 3 is 2.79 bits per heavy atom. The molecular formula is C12H13BrN2O4. The highest BCUT2D eigenvalue weighted by molar-refractivity contribution is 9.10. The van der Waals surface area contributed by atoms with Gasteiger partial charge in [-0.25, -0.2) is 0 Å². The van der Waals surface area contributed by atoms with Crippen LogP contribution < -0.4 is 5.32 Å². The number of carboxylic acid groups (broad SMARTS) is 1. The molecule has 7 heteroatoms. The van der Waals surface area contributed by atoms with E-state index in [1.807, 2.05) is 0 Å². The number of benzene rings is 1. The molecule has 102 valence electrons. The molecule has 1 aliphatic carbocycles. The van der Waals surface area contributed by atoms with Crippen LogP contribution in [-0.4, -0.2) is 22.0 Å². The van der Waals surface area contributed by atoms with Crippen LogP contribution in [0.1, 0.15) is 18.4 Å². The number of rotatable bonds is 6. The number of nitro groups is 1. The molecule has 2 N–H and O–H groups in total. The Morgan fingerprint density at radius 1 is 1.58 bits per heavy atom. The number of nitrogens with one attached hydrogen (secondary N) is 1. The third-order valence-electron chi connectivity index (χ3n) is 3.12. The third kappa shape index (κ3) is 3.51. The molecular weight excluding hydrogens is 316 g/mol. The van der Waals surface area contributed by atoms with Crippen LogP contribution in [0.4, 0.5) is 5.69 Å². The Balaban J connectivity index is 2.10. The number of aliphatic carboxylic acids is 1. The van der Waals surface area contributed by atoms with E-state index >= 15 is 0 Å². The minimum atomic E-state index is -0.901. The van der Waals surface area contributed by atoms with Crippen molar-refractivity contribution in [3.8, 4) is 0 Å². The van der Waals surface area contributed by atoms with Crippen molar-refractivity contribution < 1.29 is 14.8 Å². The lowest BCUT2D eigenvalue weighted by Gasteiger charge is -2.13. The summed E-state index contributed by atoms with van der Waals surface area (Å²) in [5.41, 5.74) is 0.474. The van der Waals surface area contributed by atoms with Crippen LogP contribution >= 0.6 is 15.9 Å². The van der Waals surface area contributed by atoms with Crippen molar-refractivity contribution >= 4 is 27.6 Å². The summed E-state index contributed by atoms with van der Waals surface area (Å²) in [7, 11) is 0. The molecule has 0 aromatic heterocycles. The lowest BCUT2D eigenvalue weighted by atomic mass is 10.1. The maximum Gasteiger partial charge on any atom is 0.320 e. The Morgan fingerprint density at radius 2 is 2.26 bits per heavy atom. The molecule has 0 radical (unpaired) electrons. The van der Waals surface area contributed by atoms with Gasteiger partial charge in [-0.05, 0) is 30.9 Å². The SMILES string of the molecule is O=C(O)C(NCc1ccc(Br)cc1[N+](=O)[O-])C1CC1. The first-order chi connectivity index (χ1) is 8.99. The minimum Gasteiger partial charge on any atom is -0.480 e. The van der Waals surface area contributed by atoms with Gasteiger partial charge < -0.3 is 5.11 Å². The maximum absolute atomic E-state index is 11.1. The molecule has 1 fully saturated rings. The van der Waals surface area contributed by atoms with E-state index in [9.17, 15) is 14.9 Å². The van der Waals surface area contributed by atoms with Gasteiger partial charge >= 0.3 is 5.97 Å². The zero-order valence-electron chi connectivity index (χ0n) is 10.0. The number of hydrogen-bond donors (Lipinski definition) is 2. The van der Waals surface area contributed by atoms with Gasteiger partial charge in [0.05, 0.1) is 4.92 Å². The average molecular weight is 329 g/mol. The van der Waals surface area contributed by atoms with E-state index < -0.39 is 16.9 Å². The molecule has 0 saturated heterocycles. The zero-order valence-corrected chi connectivity index (χ0v) is 11.6. The number of hydrogen-bond acceptors (Lipinski definition) is 4. The second-order valence-electron chi connectivity index (χ2n) is 4.56. The highest BCUT2D eigenvalue weighted by atomic mass is 79.9. The van der Waals surface area contributed by atoms with Crippen molar-refractivity contribution in [1.82, 2.24) is 5.32 Å². The fourth-order valence-electron chi connectivity index (χ4n) is 1.96. The summed E-state index contributed by atoms with van der Waals surface area (Å²) in [5, 5.41) is 22.9. The summed E-state index contributed by atoms with van der Waals surface area (Å²) in [5.74, 6) is -0.755. The Hall–Kier alpha value is -1.47. The van der Waals surface area contributed by atoms with E-state index in [0.717, 1.165) is 12.8 Å². The summed E-state index contributed by atoms with van der Waals surface area (Å²) in [4.78, 5) is 21.5. The smallest absolute Gasteiger partial charge is 0.320 e. The van der Waals surface area contributed by atoms with Gasteiger partial charge in [0.15, 0.2) is 0 Å². The van der Waals surface area contributed by atoms with E-state index in [1.165, 1.54) is 6.07 Å². The van der Waals surface area contributed by atoms with E-state index in [1.54, 1.807) is 12.1 Å². The molecule has 0 aliphatic heterocycles. The molecule has 1 saturated carbocycles.